The van der Waals surface area contributed by atoms with Crippen LogP contribution in [0.25, 0.3) is 0 Å². The van der Waals surface area contributed by atoms with Gasteiger partial charge in [-0.3, -0.25) is 0 Å². The molecule has 0 aromatic heterocycles. The van der Waals surface area contributed by atoms with Crippen LogP contribution < -0.4 is 11.1 Å². The van der Waals surface area contributed by atoms with Crippen molar-refractivity contribution in [2.24, 2.45) is 11.7 Å². The number of carbonyl (C=O) groups is 1. The Morgan fingerprint density at radius 3 is 2.58 bits per heavy atom. The Hall–Kier alpha value is -1.62. The summed E-state index contributed by atoms with van der Waals surface area (Å²) in [7, 11) is 1.39. The molecule has 1 aromatic carbocycles. The largest absolute Gasteiger partial charge is 0.467 e. The number of anilines is 1. The molecule has 19 heavy (non-hydrogen) atoms. The van der Waals surface area contributed by atoms with Crippen LogP contribution in [0.1, 0.15) is 25.8 Å². The number of methoxy groups -OCH3 is 1. The minimum absolute atomic E-state index is 0.286. The van der Waals surface area contributed by atoms with Gasteiger partial charge in [-0.1, -0.05) is 38.2 Å². The second kappa shape index (κ2) is 7.09. The normalized spacial score (nSPS) is 12.0. The molecule has 1 atom stereocenters. The number of rotatable bonds is 6. The molecule has 0 amide bonds. The summed E-state index contributed by atoms with van der Waals surface area (Å²) in [6.45, 7) is 4.11. The van der Waals surface area contributed by atoms with Gasteiger partial charge in [-0.05, 0) is 24.5 Å². The molecule has 0 heterocycles. The van der Waals surface area contributed by atoms with E-state index in [9.17, 15) is 4.79 Å². The molecule has 0 spiro atoms. The van der Waals surface area contributed by atoms with Crippen molar-refractivity contribution in [3.05, 3.63) is 29.8 Å². The van der Waals surface area contributed by atoms with Crippen LogP contribution in [0.15, 0.2) is 24.3 Å². The molecule has 0 fully saturated rings. The smallest absolute Gasteiger partial charge is 0.328 e. The molecule has 5 heteroatoms. The number of para-hydroxylation sites is 1. The summed E-state index contributed by atoms with van der Waals surface area (Å²) in [5, 5.41) is 3.17. The number of ether oxygens (including phenoxy) is 1. The minimum atomic E-state index is -0.402. The summed E-state index contributed by atoms with van der Waals surface area (Å²) in [5.74, 6) is 0.0834. The van der Waals surface area contributed by atoms with Crippen LogP contribution in [0.5, 0.6) is 0 Å². The zero-order valence-electron chi connectivity index (χ0n) is 11.5. The first kappa shape index (κ1) is 15.4. The lowest BCUT2D eigenvalue weighted by atomic mass is 10.0. The zero-order valence-corrected chi connectivity index (χ0v) is 12.3. The van der Waals surface area contributed by atoms with Gasteiger partial charge in [0, 0.05) is 11.3 Å². The van der Waals surface area contributed by atoms with Gasteiger partial charge in [0.1, 0.15) is 11.0 Å². The Labute approximate surface area is 119 Å². The van der Waals surface area contributed by atoms with Gasteiger partial charge in [-0.25, -0.2) is 4.79 Å². The summed E-state index contributed by atoms with van der Waals surface area (Å²) in [6, 6.07) is 7.00. The standard InChI is InChI=1S/C14H20N2O2S/c1-9(2)8-12(14(17)18-3)16-11-7-5-4-6-10(11)13(15)19/h4-7,9,12,16H,8H2,1-3H3,(H2,15,19). The molecule has 1 unspecified atom stereocenters. The molecule has 0 saturated heterocycles. The Balaban J connectivity index is 2.96. The maximum absolute atomic E-state index is 11.8. The van der Waals surface area contributed by atoms with E-state index in [0.717, 1.165) is 11.3 Å². The first-order chi connectivity index (χ1) is 8.95. The Morgan fingerprint density at radius 1 is 1.42 bits per heavy atom. The number of carbonyl (C=O) groups excluding carboxylic acids is 1. The van der Waals surface area contributed by atoms with Crippen LogP contribution in [-0.2, 0) is 9.53 Å². The molecule has 0 aliphatic heterocycles. The number of hydrogen-bond acceptors (Lipinski definition) is 4. The summed E-state index contributed by atoms with van der Waals surface area (Å²) in [5.41, 5.74) is 7.16. The number of nitrogens with one attached hydrogen (secondary N) is 1. The Bertz CT molecular complexity index is 461. The van der Waals surface area contributed by atoms with Gasteiger partial charge >= 0.3 is 5.97 Å². The van der Waals surface area contributed by atoms with E-state index in [1.807, 2.05) is 24.3 Å². The van der Waals surface area contributed by atoms with E-state index >= 15 is 0 Å². The van der Waals surface area contributed by atoms with Crippen molar-refractivity contribution in [3.8, 4) is 0 Å². The number of nitrogens with two attached hydrogens (primary N) is 1. The fraction of sp³-hybridized carbons (Fsp3) is 0.429. The summed E-state index contributed by atoms with van der Waals surface area (Å²) >= 11 is 5.01. The third-order valence-corrected chi connectivity index (χ3v) is 2.93. The van der Waals surface area contributed by atoms with Crippen LogP contribution in [0.2, 0.25) is 0 Å². The highest BCUT2D eigenvalue weighted by molar-refractivity contribution is 7.80. The van der Waals surface area contributed by atoms with Gasteiger partial charge in [-0.15, -0.1) is 0 Å². The number of esters is 1. The second-order valence-electron chi connectivity index (χ2n) is 4.76. The fourth-order valence-corrected chi connectivity index (χ4v) is 2.02. The Morgan fingerprint density at radius 2 is 2.05 bits per heavy atom. The van der Waals surface area contributed by atoms with Crippen molar-refractivity contribution >= 4 is 28.9 Å². The molecule has 0 aliphatic rings. The topological polar surface area (TPSA) is 64.3 Å². The lowest BCUT2D eigenvalue weighted by molar-refractivity contribution is -0.141. The average Bonchev–Trinajstić information content (AvgIpc) is 2.36. The van der Waals surface area contributed by atoms with Crippen molar-refractivity contribution in [1.82, 2.24) is 0 Å². The lowest BCUT2D eigenvalue weighted by Gasteiger charge is -2.21. The van der Waals surface area contributed by atoms with E-state index in [2.05, 4.69) is 19.2 Å². The van der Waals surface area contributed by atoms with Gasteiger partial charge in [0.05, 0.1) is 7.11 Å². The highest BCUT2D eigenvalue weighted by Gasteiger charge is 2.21. The molecule has 1 aromatic rings. The van der Waals surface area contributed by atoms with E-state index in [0.29, 0.717) is 17.3 Å². The first-order valence-electron chi connectivity index (χ1n) is 6.19. The van der Waals surface area contributed by atoms with Gasteiger partial charge in [0.25, 0.3) is 0 Å². The SMILES string of the molecule is COC(=O)C(CC(C)C)Nc1ccccc1C(N)=S. The monoisotopic (exact) mass is 280 g/mol. The third kappa shape index (κ3) is 4.52. The molecule has 1 rings (SSSR count). The maximum atomic E-state index is 11.8. The molecule has 0 aliphatic carbocycles. The fourth-order valence-electron chi connectivity index (χ4n) is 1.84. The van der Waals surface area contributed by atoms with Crippen LogP contribution in [0.3, 0.4) is 0 Å². The van der Waals surface area contributed by atoms with Crippen molar-refractivity contribution in [3.63, 3.8) is 0 Å². The predicted octanol–water partition coefficient (Wildman–Crippen LogP) is 2.32. The van der Waals surface area contributed by atoms with Crippen molar-refractivity contribution in [2.75, 3.05) is 12.4 Å². The van der Waals surface area contributed by atoms with E-state index < -0.39 is 6.04 Å². The van der Waals surface area contributed by atoms with Crippen LogP contribution in [0.4, 0.5) is 5.69 Å². The summed E-state index contributed by atoms with van der Waals surface area (Å²) in [6.07, 6.45) is 0.679. The van der Waals surface area contributed by atoms with Gasteiger partial charge in [0.2, 0.25) is 0 Å². The highest BCUT2D eigenvalue weighted by atomic mass is 32.1. The summed E-state index contributed by atoms with van der Waals surface area (Å²) in [4.78, 5) is 12.1. The molecule has 0 bridgehead atoms. The number of hydrogen-bond donors (Lipinski definition) is 2. The van der Waals surface area contributed by atoms with Crippen LogP contribution in [-0.4, -0.2) is 24.1 Å². The third-order valence-electron chi connectivity index (χ3n) is 2.72. The molecular weight excluding hydrogens is 260 g/mol. The van der Waals surface area contributed by atoms with Gasteiger partial charge < -0.3 is 15.8 Å². The van der Waals surface area contributed by atoms with E-state index in [1.54, 1.807) is 0 Å². The molecule has 104 valence electrons. The quantitative estimate of drug-likeness (QED) is 0.618. The molecule has 0 radical (unpaired) electrons. The molecule has 0 saturated carbocycles. The van der Waals surface area contributed by atoms with Crippen molar-refractivity contribution in [2.45, 2.75) is 26.3 Å². The lowest BCUT2D eigenvalue weighted by Crippen LogP contribution is -2.33. The summed E-state index contributed by atoms with van der Waals surface area (Å²) < 4.78 is 4.82. The van der Waals surface area contributed by atoms with Crippen molar-refractivity contribution in [1.29, 1.82) is 0 Å². The predicted molar refractivity (Wildman–Crippen MR) is 81.2 cm³/mol. The van der Waals surface area contributed by atoms with E-state index in [4.69, 9.17) is 22.7 Å². The maximum Gasteiger partial charge on any atom is 0.328 e. The number of thiocarbonyl (C=S) groups is 1. The first-order valence-corrected chi connectivity index (χ1v) is 6.59. The molecular formula is C14H20N2O2S. The minimum Gasteiger partial charge on any atom is -0.467 e. The van der Waals surface area contributed by atoms with E-state index in [-0.39, 0.29) is 5.97 Å². The zero-order chi connectivity index (χ0) is 14.4. The average molecular weight is 280 g/mol. The van der Waals surface area contributed by atoms with Gasteiger partial charge in [0.15, 0.2) is 0 Å². The van der Waals surface area contributed by atoms with Crippen LogP contribution >= 0.6 is 12.2 Å². The highest BCUT2D eigenvalue weighted by Crippen LogP contribution is 2.19. The Kier molecular flexibility index (Phi) is 5.76. The van der Waals surface area contributed by atoms with E-state index in [1.165, 1.54) is 7.11 Å². The second-order valence-corrected chi connectivity index (χ2v) is 5.20. The van der Waals surface area contributed by atoms with Gasteiger partial charge in [-0.2, -0.15) is 0 Å². The van der Waals surface area contributed by atoms with Crippen molar-refractivity contribution < 1.29 is 9.53 Å². The molecule has 4 nitrogen and oxygen atoms in total. The van der Waals surface area contributed by atoms with Crippen LogP contribution in [0, 0.1) is 5.92 Å². The number of benzene rings is 1. The molecule has 3 N–H and O–H groups in total.